The number of nitrogens with two attached hydrogens (primary N) is 1. The number of nitrogens with zero attached hydrogens (tertiary/aromatic N) is 2. The van der Waals surface area contributed by atoms with Gasteiger partial charge in [0.15, 0.2) is 0 Å². The lowest BCUT2D eigenvalue weighted by Gasteiger charge is -2.18. The van der Waals surface area contributed by atoms with Crippen LogP contribution in [0.4, 0.5) is 0 Å². The number of aliphatic hydroxyl groups is 1. The molecular weight excluding hydrogens is 246 g/mol. The first kappa shape index (κ1) is 13.5. The number of methoxy groups -OCH3 is 1. The number of carbonyl (C=O) groups excluding carboxylic acids is 1. The summed E-state index contributed by atoms with van der Waals surface area (Å²) >= 11 is 0. The third-order valence-corrected chi connectivity index (χ3v) is 3.13. The Morgan fingerprint density at radius 3 is 3.00 bits per heavy atom. The number of ether oxygens (including phenoxy) is 1. The summed E-state index contributed by atoms with van der Waals surface area (Å²) in [6.07, 6.45) is 0.748. The van der Waals surface area contributed by atoms with Gasteiger partial charge >= 0.3 is 5.97 Å². The molecule has 0 aliphatic rings. The molecule has 2 unspecified atom stereocenters. The average Bonchev–Trinajstić information content (AvgIpc) is 2.78. The fourth-order valence-electron chi connectivity index (χ4n) is 1.97. The van der Waals surface area contributed by atoms with E-state index < -0.39 is 18.1 Å². The smallest absolute Gasteiger partial charge is 0.307 e. The summed E-state index contributed by atoms with van der Waals surface area (Å²) < 4.78 is 6.42. The molecule has 2 rings (SSSR count). The lowest BCUT2D eigenvalue weighted by molar-refractivity contribution is -0.141. The van der Waals surface area contributed by atoms with Gasteiger partial charge in [-0.05, 0) is 17.7 Å². The van der Waals surface area contributed by atoms with Crippen LogP contribution in [0.2, 0.25) is 0 Å². The quantitative estimate of drug-likeness (QED) is 0.784. The van der Waals surface area contributed by atoms with Crippen molar-refractivity contribution in [2.75, 3.05) is 7.11 Å². The maximum Gasteiger partial charge on any atom is 0.307 e. The molecule has 6 nitrogen and oxygen atoms in total. The van der Waals surface area contributed by atoms with Crippen LogP contribution in [0, 0.1) is 0 Å². The number of fused-ring (bicyclic) bond motifs is 1. The number of imidazole rings is 1. The van der Waals surface area contributed by atoms with E-state index in [2.05, 4.69) is 9.72 Å². The molecule has 0 radical (unpaired) electrons. The third-order valence-electron chi connectivity index (χ3n) is 3.13. The SMILES string of the molecule is COC(=O)CC(N)C(O)c1ccc2c(c1)ncn2C. The maximum atomic E-state index is 11.1. The van der Waals surface area contributed by atoms with Crippen LogP contribution in [0.3, 0.4) is 0 Å². The van der Waals surface area contributed by atoms with Gasteiger partial charge in [0, 0.05) is 13.1 Å². The number of esters is 1. The van der Waals surface area contributed by atoms with Gasteiger partial charge < -0.3 is 20.1 Å². The predicted molar refractivity (Wildman–Crippen MR) is 70.3 cm³/mol. The highest BCUT2D eigenvalue weighted by atomic mass is 16.5. The Morgan fingerprint density at radius 2 is 2.32 bits per heavy atom. The number of hydrogen-bond acceptors (Lipinski definition) is 5. The van der Waals surface area contributed by atoms with Crippen LogP contribution in [0.15, 0.2) is 24.5 Å². The molecule has 3 N–H and O–H groups in total. The molecule has 6 heteroatoms. The molecule has 0 aliphatic heterocycles. The van der Waals surface area contributed by atoms with Gasteiger partial charge in [0.2, 0.25) is 0 Å². The minimum atomic E-state index is -0.925. The Labute approximate surface area is 110 Å². The summed E-state index contributed by atoms with van der Waals surface area (Å²) in [6.45, 7) is 0. The number of aromatic nitrogens is 2. The summed E-state index contributed by atoms with van der Waals surface area (Å²) in [4.78, 5) is 15.4. The molecule has 0 fully saturated rings. The Balaban J connectivity index is 2.20. The Kier molecular flexibility index (Phi) is 3.82. The molecule has 2 aromatic rings. The molecule has 1 heterocycles. The molecule has 0 saturated carbocycles. The van der Waals surface area contributed by atoms with Crippen LogP contribution >= 0.6 is 0 Å². The summed E-state index contributed by atoms with van der Waals surface area (Å²) in [5, 5.41) is 10.1. The first-order chi connectivity index (χ1) is 9.02. The maximum absolute atomic E-state index is 11.1. The molecule has 1 aromatic carbocycles. The second-order valence-electron chi connectivity index (χ2n) is 4.49. The zero-order valence-electron chi connectivity index (χ0n) is 10.9. The molecule has 0 aliphatic carbocycles. The number of hydrogen-bond donors (Lipinski definition) is 2. The monoisotopic (exact) mass is 263 g/mol. The van der Waals surface area contributed by atoms with Crippen molar-refractivity contribution >= 4 is 17.0 Å². The van der Waals surface area contributed by atoms with Crippen LogP contribution in [0.25, 0.3) is 11.0 Å². The lowest BCUT2D eigenvalue weighted by atomic mass is 10.00. The van der Waals surface area contributed by atoms with Crippen molar-refractivity contribution in [1.29, 1.82) is 0 Å². The van der Waals surface area contributed by atoms with Gasteiger partial charge in [0.1, 0.15) is 0 Å². The van der Waals surface area contributed by atoms with E-state index in [0.717, 1.165) is 11.0 Å². The predicted octanol–water partition coefficient (Wildman–Crippen LogP) is 0.497. The fourth-order valence-corrected chi connectivity index (χ4v) is 1.97. The van der Waals surface area contributed by atoms with Gasteiger partial charge in [0.25, 0.3) is 0 Å². The van der Waals surface area contributed by atoms with Crippen molar-refractivity contribution in [2.45, 2.75) is 18.6 Å². The molecular formula is C13H17N3O3. The van der Waals surface area contributed by atoms with E-state index >= 15 is 0 Å². The van der Waals surface area contributed by atoms with Gasteiger partial charge in [-0.3, -0.25) is 4.79 Å². The second-order valence-corrected chi connectivity index (χ2v) is 4.49. The van der Waals surface area contributed by atoms with Gasteiger partial charge in [-0.2, -0.15) is 0 Å². The topological polar surface area (TPSA) is 90.4 Å². The average molecular weight is 263 g/mol. The van der Waals surface area contributed by atoms with Crippen molar-refractivity contribution in [1.82, 2.24) is 9.55 Å². The largest absolute Gasteiger partial charge is 0.469 e. The Bertz CT molecular complexity index is 594. The summed E-state index contributed by atoms with van der Waals surface area (Å²) in [7, 11) is 3.19. The fraction of sp³-hybridized carbons (Fsp3) is 0.385. The third kappa shape index (κ3) is 2.74. The van der Waals surface area contributed by atoms with Crippen LogP contribution in [-0.2, 0) is 16.6 Å². The number of aryl methyl sites for hydroxylation is 1. The van der Waals surface area contributed by atoms with Crippen LogP contribution in [0.1, 0.15) is 18.1 Å². The van der Waals surface area contributed by atoms with E-state index in [9.17, 15) is 9.90 Å². The molecule has 0 amide bonds. The molecule has 0 saturated heterocycles. The van der Waals surface area contributed by atoms with Crippen molar-refractivity contribution < 1.29 is 14.6 Å². The number of aliphatic hydroxyl groups excluding tert-OH is 1. The van der Waals surface area contributed by atoms with E-state index in [0.29, 0.717) is 5.56 Å². The molecule has 19 heavy (non-hydrogen) atoms. The molecule has 1 aromatic heterocycles. The zero-order chi connectivity index (χ0) is 14.0. The highest BCUT2D eigenvalue weighted by Gasteiger charge is 2.21. The van der Waals surface area contributed by atoms with Gasteiger partial charge in [-0.1, -0.05) is 6.07 Å². The summed E-state index contributed by atoms with van der Waals surface area (Å²) in [5.74, 6) is -0.439. The zero-order valence-corrected chi connectivity index (χ0v) is 10.9. The molecule has 0 spiro atoms. The van der Waals surface area contributed by atoms with Crippen molar-refractivity contribution in [2.24, 2.45) is 12.8 Å². The molecule has 102 valence electrons. The van der Waals surface area contributed by atoms with Crippen molar-refractivity contribution in [3.05, 3.63) is 30.1 Å². The van der Waals surface area contributed by atoms with Gasteiger partial charge in [0.05, 0.1) is 37.0 Å². The highest BCUT2D eigenvalue weighted by Crippen LogP contribution is 2.22. The Morgan fingerprint density at radius 1 is 1.58 bits per heavy atom. The first-order valence-corrected chi connectivity index (χ1v) is 5.94. The second kappa shape index (κ2) is 5.38. The number of carbonyl (C=O) groups is 1. The standard InChI is InChI=1S/C13H17N3O3/c1-16-7-15-10-5-8(3-4-11(10)16)13(18)9(14)6-12(17)19-2/h3-5,7,9,13,18H,6,14H2,1-2H3. The van der Waals surface area contributed by atoms with Gasteiger partial charge in [-0.15, -0.1) is 0 Å². The Hall–Kier alpha value is -1.92. The van der Waals surface area contributed by atoms with Gasteiger partial charge in [-0.25, -0.2) is 4.98 Å². The van der Waals surface area contributed by atoms with E-state index in [4.69, 9.17) is 5.73 Å². The van der Waals surface area contributed by atoms with Crippen molar-refractivity contribution in [3.63, 3.8) is 0 Å². The normalized spacial score (nSPS) is 14.3. The van der Waals surface area contributed by atoms with Crippen LogP contribution in [0.5, 0.6) is 0 Å². The van der Waals surface area contributed by atoms with E-state index in [1.165, 1.54) is 7.11 Å². The summed E-state index contributed by atoms with van der Waals surface area (Å²) in [6, 6.07) is 4.72. The molecule has 2 atom stereocenters. The highest BCUT2D eigenvalue weighted by molar-refractivity contribution is 5.76. The van der Waals surface area contributed by atoms with Crippen molar-refractivity contribution in [3.8, 4) is 0 Å². The number of rotatable bonds is 4. The van der Waals surface area contributed by atoms with E-state index in [1.54, 1.807) is 18.5 Å². The minimum absolute atomic E-state index is 0.0298. The van der Waals surface area contributed by atoms with Crippen LogP contribution in [-0.4, -0.2) is 33.8 Å². The minimum Gasteiger partial charge on any atom is -0.469 e. The van der Waals surface area contributed by atoms with E-state index in [-0.39, 0.29) is 6.42 Å². The van der Waals surface area contributed by atoms with Crippen LogP contribution < -0.4 is 5.73 Å². The number of benzene rings is 1. The summed E-state index contributed by atoms with van der Waals surface area (Å²) in [5.41, 5.74) is 8.19. The molecule has 0 bridgehead atoms. The van der Waals surface area contributed by atoms with E-state index in [1.807, 2.05) is 17.7 Å². The first-order valence-electron chi connectivity index (χ1n) is 5.94. The lowest BCUT2D eigenvalue weighted by Crippen LogP contribution is -2.31.